The maximum absolute atomic E-state index is 14.2. The van der Waals surface area contributed by atoms with Crippen LogP contribution in [0.4, 0.5) is 4.39 Å². The lowest BCUT2D eigenvalue weighted by molar-refractivity contribution is 0.475. The van der Waals surface area contributed by atoms with E-state index in [-0.39, 0.29) is 17.5 Å². The van der Waals surface area contributed by atoms with Crippen LogP contribution in [0, 0.1) is 11.7 Å². The molecule has 0 radical (unpaired) electrons. The first-order chi connectivity index (χ1) is 9.06. The van der Waals surface area contributed by atoms with Crippen molar-refractivity contribution in [2.45, 2.75) is 39.0 Å². The molecule has 2 heteroatoms. The van der Waals surface area contributed by atoms with Crippen molar-refractivity contribution in [1.29, 1.82) is 0 Å². The molecule has 1 N–H and O–H groups in total. The molecule has 3 rings (SSSR count). The molecule has 0 heterocycles. The molecule has 1 fully saturated rings. The maximum atomic E-state index is 14.2. The largest absolute Gasteiger partial charge is 0.508 e. The molecule has 0 unspecified atom stereocenters. The Morgan fingerprint density at radius 1 is 1.26 bits per heavy atom. The summed E-state index contributed by atoms with van der Waals surface area (Å²) in [7, 11) is 0. The fourth-order valence-electron chi connectivity index (χ4n) is 2.80. The van der Waals surface area contributed by atoms with E-state index in [9.17, 15) is 9.50 Å². The van der Waals surface area contributed by atoms with Gasteiger partial charge in [0.05, 0.1) is 0 Å². The molecule has 1 aliphatic rings. The summed E-state index contributed by atoms with van der Waals surface area (Å²) < 4.78 is 14.2. The average molecular weight is 258 g/mol. The van der Waals surface area contributed by atoms with Gasteiger partial charge in [0.15, 0.2) is 0 Å². The van der Waals surface area contributed by atoms with Crippen molar-refractivity contribution < 1.29 is 9.50 Å². The number of phenolic OH excluding ortho intramolecular Hbond substituents is 1. The summed E-state index contributed by atoms with van der Waals surface area (Å²) in [5, 5.41) is 11.8. The van der Waals surface area contributed by atoms with Crippen LogP contribution in [-0.4, -0.2) is 5.11 Å². The third-order valence-corrected chi connectivity index (χ3v) is 4.00. The van der Waals surface area contributed by atoms with Crippen molar-refractivity contribution in [3.63, 3.8) is 0 Å². The number of fused-ring (bicyclic) bond motifs is 1. The van der Waals surface area contributed by atoms with E-state index in [1.807, 2.05) is 0 Å². The highest BCUT2D eigenvalue weighted by atomic mass is 19.1. The first-order valence-electron chi connectivity index (χ1n) is 7.00. The number of aromatic hydroxyl groups is 1. The lowest BCUT2D eigenvalue weighted by atomic mass is 9.90. The zero-order chi connectivity index (χ0) is 13.6. The molecule has 2 aromatic carbocycles. The van der Waals surface area contributed by atoms with E-state index >= 15 is 0 Å². The minimum absolute atomic E-state index is 0.105. The standard InChI is InChI=1S/C17H19FO/c1-10(2)14-9-13(19)8-12-5-6-16(18)15(17(12)14)7-11-3-4-11/h5-6,8-11,19H,3-4,7H2,1-2H3. The van der Waals surface area contributed by atoms with E-state index in [1.165, 1.54) is 18.9 Å². The van der Waals surface area contributed by atoms with E-state index in [1.54, 1.807) is 18.2 Å². The second-order valence-electron chi connectivity index (χ2n) is 5.96. The first-order valence-corrected chi connectivity index (χ1v) is 7.00. The first kappa shape index (κ1) is 12.5. The predicted octanol–water partition coefficient (Wildman–Crippen LogP) is 4.76. The Hall–Kier alpha value is -1.57. The van der Waals surface area contributed by atoms with Crippen LogP contribution in [-0.2, 0) is 6.42 Å². The summed E-state index contributed by atoms with van der Waals surface area (Å²) in [5.74, 6) is 1.08. The fourth-order valence-corrected chi connectivity index (χ4v) is 2.80. The summed E-state index contributed by atoms with van der Waals surface area (Å²) in [4.78, 5) is 0. The summed E-state index contributed by atoms with van der Waals surface area (Å²) in [6.07, 6.45) is 3.25. The van der Waals surface area contributed by atoms with Gasteiger partial charge >= 0.3 is 0 Å². The molecule has 0 saturated heterocycles. The highest BCUT2D eigenvalue weighted by Crippen LogP contribution is 2.39. The van der Waals surface area contributed by atoms with E-state index in [2.05, 4.69) is 13.8 Å². The second kappa shape index (κ2) is 4.52. The third-order valence-electron chi connectivity index (χ3n) is 4.00. The number of halogens is 1. The fraction of sp³-hybridized carbons (Fsp3) is 0.412. The summed E-state index contributed by atoms with van der Waals surface area (Å²) in [6, 6.07) is 6.82. The number of phenols is 1. The predicted molar refractivity (Wildman–Crippen MR) is 76.1 cm³/mol. The van der Waals surface area contributed by atoms with E-state index in [4.69, 9.17) is 0 Å². The molecule has 0 aliphatic heterocycles. The van der Waals surface area contributed by atoms with Gasteiger partial charge in [-0.1, -0.05) is 19.9 Å². The molecule has 0 amide bonds. The lowest BCUT2D eigenvalue weighted by Gasteiger charge is -2.15. The Balaban J connectivity index is 2.28. The van der Waals surface area contributed by atoms with Crippen molar-refractivity contribution >= 4 is 10.8 Å². The Kier molecular flexibility index (Phi) is 2.96. The molecule has 1 nitrogen and oxygen atoms in total. The van der Waals surface area contributed by atoms with Crippen molar-refractivity contribution in [2.24, 2.45) is 5.92 Å². The summed E-state index contributed by atoms with van der Waals surface area (Å²) in [6.45, 7) is 4.17. The van der Waals surface area contributed by atoms with Gasteiger partial charge in [-0.15, -0.1) is 0 Å². The van der Waals surface area contributed by atoms with E-state index in [0.29, 0.717) is 5.92 Å². The van der Waals surface area contributed by atoms with Crippen LogP contribution < -0.4 is 0 Å². The number of benzene rings is 2. The van der Waals surface area contributed by atoms with Crippen molar-refractivity contribution in [3.8, 4) is 5.75 Å². The molecule has 2 aromatic rings. The van der Waals surface area contributed by atoms with Gasteiger partial charge in [-0.05, 0) is 71.2 Å². The van der Waals surface area contributed by atoms with Crippen LogP contribution >= 0.6 is 0 Å². The Labute approximate surface area is 113 Å². The monoisotopic (exact) mass is 258 g/mol. The van der Waals surface area contributed by atoms with E-state index in [0.717, 1.165) is 28.3 Å². The molecular formula is C17H19FO. The van der Waals surface area contributed by atoms with Gasteiger partial charge in [0.25, 0.3) is 0 Å². The van der Waals surface area contributed by atoms with Crippen LogP contribution in [0.15, 0.2) is 24.3 Å². The van der Waals surface area contributed by atoms with Crippen LogP contribution in [0.2, 0.25) is 0 Å². The summed E-state index contributed by atoms with van der Waals surface area (Å²) in [5.41, 5.74) is 1.88. The van der Waals surface area contributed by atoms with Gasteiger partial charge in [0.2, 0.25) is 0 Å². The van der Waals surface area contributed by atoms with Crippen LogP contribution in [0.1, 0.15) is 43.7 Å². The Morgan fingerprint density at radius 2 is 2.00 bits per heavy atom. The number of hydrogen-bond donors (Lipinski definition) is 1. The topological polar surface area (TPSA) is 20.2 Å². The number of rotatable bonds is 3. The lowest BCUT2D eigenvalue weighted by Crippen LogP contribution is -1.99. The average Bonchev–Trinajstić information content (AvgIpc) is 3.15. The molecule has 1 aliphatic carbocycles. The van der Waals surface area contributed by atoms with Gasteiger partial charge in [-0.2, -0.15) is 0 Å². The smallest absolute Gasteiger partial charge is 0.127 e. The van der Waals surface area contributed by atoms with Gasteiger partial charge in [-0.3, -0.25) is 0 Å². The van der Waals surface area contributed by atoms with Crippen LogP contribution in [0.5, 0.6) is 5.75 Å². The molecule has 0 bridgehead atoms. The van der Waals surface area contributed by atoms with Crippen LogP contribution in [0.25, 0.3) is 10.8 Å². The zero-order valence-electron chi connectivity index (χ0n) is 11.4. The molecule has 19 heavy (non-hydrogen) atoms. The maximum Gasteiger partial charge on any atom is 0.127 e. The third kappa shape index (κ3) is 2.32. The minimum Gasteiger partial charge on any atom is -0.508 e. The highest BCUT2D eigenvalue weighted by Gasteiger charge is 2.25. The van der Waals surface area contributed by atoms with Gasteiger partial charge in [0, 0.05) is 0 Å². The Morgan fingerprint density at radius 3 is 2.63 bits per heavy atom. The second-order valence-corrected chi connectivity index (χ2v) is 5.96. The zero-order valence-corrected chi connectivity index (χ0v) is 11.4. The molecule has 1 saturated carbocycles. The quantitative estimate of drug-likeness (QED) is 0.841. The Bertz CT molecular complexity index is 627. The van der Waals surface area contributed by atoms with Crippen molar-refractivity contribution in [1.82, 2.24) is 0 Å². The van der Waals surface area contributed by atoms with Gasteiger partial charge in [-0.25, -0.2) is 4.39 Å². The highest BCUT2D eigenvalue weighted by molar-refractivity contribution is 5.90. The van der Waals surface area contributed by atoms with Crippen LogP contribution in [0.3, 0.4) is 0 Å². The molecule has 0 atom stereocenters. The SMILES string of the molecule is CC(C)c1cc(O)cc2ccc(F)c(CC3CC3)c12. The van der Waals surface area contributed by atoms with Gasteiger partial charge in [0.1, 0.15) is 11.6 Å². The summed E-state index contributed by atoms with van der Waals surface area (Å²) >= 11 is 0. The minimum atomic E-state index is -0.105. The van der Waals surface area contributed by atoms with Crippen molar-refractivity contribution in [2.75, 3.05) is 0 Å². The normalized spacial score (nSPS) is 15.4. The molecule has 0 aromatic heterocycles. The number of hydrogen-bond acceptors (Lipinski definition) is 1. The molecule has 100 valence electrons. The van der Waals surface area contributed by atoms with Gasteiger partial charge < -0.3 is 5.11 Å². The van der Waals surface area contributed by atoms with Crippen molar-refractivity contribution in [3.05, 3.63) is 41.2 Å². The van der Waals surface area contributed by atoms with E-state index < -0.39 is 0 Å². The molecular weight excluding hydrogens is 239 g/mol. The molecule has 0 spiro atoms.